The molecule has 0 saturated heterocycles. The van der Waals surface area contributed by atoms with Crippen molar-refractivity contribution in [1.82, 2.24) is 10.6 Å². The Balaban J connectivity index is 0.00000484. The first-order valence-electron chi connectivity index (χ1n) is 6.95. The van der Waals surface area contributed by atoms with E-state index < -0.39 is 15.9 Å². The topological polar surface area (TPSA) is 90.8 Å². The van der Waals surface area contributed by atoms with E-state index >= 15 is 0 Å². The minimum Gasteiger partial charge on any atom is -0.386 e. The third-order valence-electron chi connectivity index (χ3n) is 2.67. The minimum atomic E-state index is -2.95. The van der Waals surface area contributed by atoms with Gasteiger partial charge in [0.1, 0.15) is 15.9 Å². The van der Waals surface area contributed by atoms with Crippen LogP contribution in [0.25, 0.3) is 0 Å². The van der Waals surface area contributed by atoms with Crippen LogP contribution in [0.3, 0.4) is 0 Å². The second kappa shape index (κ2) is 11.5. The van der Waals surface area contributed by atoms with Crippen LogP contribution < -0.4 is 10.6 Å². The zero-order valence-corrected chi connectivity index (χ0v) is 17.8. The summed E-state index contributed by atoms with van der Waals surface area (Å²) in [5.74, 6) is 0.688. The summed E-state index contributed by atoms with van der Waals surface area (Å²) >= 11 is 7.16. The molecule has 1 heterocycles. The van der Waals surface area contributed by atoms with Gasteiger partial charge in [-0.25, -0.2) is 8.42 Å². The van der Waals surface area contributed by atoms with Gasteiger partial charge in [0.05, 0.1) is 16.6 Å². The summed E-state index contributed by atoms with van der Waals surface area (Å²) < 4.78 is 22.7. The molecule has 10 heteroatoms. The van der Waals surface area contributed by atoms with Gasteiger partial charge in [0.2, 0.25) is 0 Å². The third kappa shape index (κ3) is 10.4. The molecule has 134 valence electrons. The fraction of sp³-hybridized carbons (Fsp3) is 0.615. The molecule has 0 aliphatic rings. The van der Waals surface area contributed by atoms with Gasteiger partial charge < -0.3 is 15.7 Å². The van der Waals surface area contributed by atoms with Gasteiger partial charge in [-0.3, -0.25) is 4.99 Å². The summed E-state index contributed by atoms with van der Waals surface area (Å²) in [5, 5.41) is 16.1. The highest BCUT2D eigenvalue weighted by molar-refractivity contribution is 14.0. The molecule has 3 N–H and O–H groups in total. The van der Waals surface area contributed by atoms with E-state index in [4.69, 9.17) is 11.6 Å². The van der Waals surface area contributed by atoms with Crippen LogP contribution in [-0.4, -0.2) is 51.1 Å². The predicted molar refractivity (Wildman–Crippen MR) is 108 cm³/mol. The van der Waals surface area contributed by atoms with Crippen LogP contribution in [0.15, 0.2) is 17.1 Å². The first-order valence-corrected chi connectivity index (χ1v) is 10.2. The van der Waals surface area contributed by atoms with Crippen molar-refractivity contribution >= 4 is 62.7 Å². The largest absolute Gasteiger partial charge is 0.386 e. The number of rotatable bonds is 8. The van der Waals surface area contributed by atoms with Crippen molar-refractivity contribution < 1.29 is 13.5 Å². The predicted octanol–water partition coefficient (Wildman–Crippen LogP) is 2.04. The number of halogens is 2. The van der Waals surface area contributed by atoms with Gasteiger partial charge in [-0.1, -0.05) is 11.6 Å². The van der Waals surface area contributed by atoms with Gasteiger partial charge in [-0.15, -0.1) is 35.3 Å². The molecule has 23 heavy (non-hydrogen) atoms. The maximum absolute atomic E-state index is 11.1. The molecule has 0 aromatic carbocycles. The van der Waals surface area contributed by atoms with Crippen molar-refractivity contribution in [3.63, 3.8) is 0 Å². The first kappa shape index (κ1) is 22.9. The Morgan fingerprint density at radius 3 is 2.65 bits per heavy atom. The average Bonchev–Trinajstić information content (AvgIpc) is 2.86. The smallest absolute Gasteiger partial charge is 0.191 e. The highest BCUT2D eigenvalue weighted by Gasteiger charge is 2.10. The van der Waals surface area contributed by atoms with E-state index in [0.29, 0.717) is 29.8 Å². The Hall–Kier alpha value is -0.100. The monoisotopic (exact) mass is 495 g/mol. The number of nitrogens with one attached hydrogen (secondary N) is 2. The number of aliphatic hydroxyl groups excluding tert-OH is 1. The fourth-order valence-corrected chi connectivity index (χ4v) is 3.36. The van der Waals surface area contributed by atoms with Gasteiger partial charge in [-0.2, -0.15) is 0 Å². The lowest BCUT2D eigenvalue weighted by atomic mass is 10.3. The number of aliphatic hydroxyl groups is 1. The van der Waals surface area contributed by atoms with Crippen LogP contribution in [0.4, 0.5) is 0 Å². The molecule has 1 aromatic heterocycles. The van der Waals surface area contributed by atoms with E-state index in [2.05, 4.69) is 15.6 Å². The van der Waals surface area contributed by atoms with Crippen LogP contribution in [0.5, 0.6) is 0 Å². The summed E-state index contributed by atoms with van der Waals surface area (Å²) in [7, 11) is -2.95. The number of thiophene rings is 1. The molecule has 1 atom stereocenters. The first-order chi connectivity index (χ1) is 10.3. The second-order valence-corrected chi connectivity index (χ2v) is 8.79. The summed E-state index contributed by atoms with van der Waals surface area (Å²) in [5.41, 5.74) is 0. The van der Waals surface area contributed by atoms with Gasteiger partial charge in [0, 0.05) is 24.2 Å². The highest BCUT2D eigenvalue weighted by atomic mass is 127. The Morgan fingerprint density at radius 1 is 1.43 bits per heavy atom. The SMILES string of the molecule is CCNC(=NCC(O)c1ccc(Cl)s1)NCCCS(C)(=O)=O.I. The molecular weight excluding hydrogens is 473 g/mol. The van der Waals surface area contributed by atoms with Crippen LogP contribution in [0.2, 0.25) is 4.34 Å². The van der Waals surface area contributed by atoms with Crippen molar-refractivity contribution in [1.29, 1.82) is 0 Å². The van der Waals surface area contributed by atoms with E-state index in [1.807, 2.05) is 6.92 Å². The van der Waals surface area contributed by atoms with Crippen molar-refractivity contribution in [2.45, 2.75) is 19.4 Å². The molecule has 1 unspecified atom stereocenters. The number of nitrogens with zero attached hydrogens (tertiary/aromatic N) is 1. The lowest BCUT2D eigenvalue weighted by Gasteiger charge is -2.12. The van der Waals surface area contributed by atoms with Gasteiger partial charge in [-0.05, 0) is 25.5 Å². The van der Waals surface area contributed by atoms with Crippen LogP contribution >= 0.6 is 46.9 Å². The summed E-state index contributed by atoms with van der Waals surface area (Å²) in [6, 6.07) is 3.52. The van der Waals surface area contributed by atoms with Gasteiger partial charge in [0.15, 0.2) is 5.96 Å². The van der Waals surface area contributed by atoms with Gasteiger partial charge >= 0.3 is 0 Å². The van der Waals surface area contributed by atoms with Crippen molar-refractivity contribution in [3.05, 3.63) is 21.3 Å². The van der Waals surface area contributed by atoms with Crippen molar-refractivity contribution in [2.24, 2.45) is 4.99 Å². The Labute approximate surface area is 163 Å². The van der Waals surface area contributed by atoms with Crippen molar-refractivity contribution in [3.8, 4) is 0 Å². The Kier molecular flexibility index (Phi) is 11.4. The molecule has 1 rings (SSSR count). The normalized spacial score (nSPS) is 13.3. The summed E-state index contributed by atoms with van der Waals surface area (Å²) in [4.78, 5) is 5.06. The van der Waals surface area contributed by atoms with Crippen LogP contribution in [0.1, 0.15) is 24.3 Å². The van der Waals surface area contributed by atoms with Crippen LogP contribution in [0, 0.1) is 0 Å². The maximum atomic E-state index is 11.1. The lowest BCUT2D eigenvalue weighted by Crippen LogP contribution is -2.38. The van der Waals surface area contributed by atoms with E-state index in [1.165, 1.54) is 17.6 Å². The lowest BCUT2D eigenvalue weighted by molar-refractivity contribution is 0.191. The zero-order chi connectivity index (χ0) is 16.6. The molecule has 0 aliphatic heterocycles. The van der Waals surface area contributed by atoms with E-state index in [9.17, 15) is 13.5 Å². The molecule has 0 radical (unpaired) electrons. The number of hydrogen-bond donors (Lipinski definition) is 3. The number of guanidine groups is 1. The molecular formula is C13H23ClIN3O3S2. The van der Waals surface area contributed by atoms with E-state index in [0.717, 1.165) is 4.88 Å². The molecule has 6 nitrogen and oxygen atoms in total. The zero-order valence-electron chi connectivity index (χ0n) is 13.1. The molecule has 0 bridgehead atoms. The average molecular weight is 496 g/mol. The minimum absolute atomic E-state index is 0. The third-order valence-corrected chi connectivity index (χ3v) is 5.04. The summed E-state index contributed by atoms with van der Waals surface area (Å²) in [6.45, 7) is 3.32. The van der Waals surface area contributed by atoms with Gasteiger partial charge in [0.25, 0.3) is 0 Å². The molecule has 0 saturated carbocycles. The molecule has 0 fully saturated rings. The van der Waals surface area contributed by atoms with Crippen LogP contribution in [-0.2, 0) is 9.84 Å². The fourth-order valence-electron chi connectivity index (χ4n) is 1.66. The molecule has 0 spiro atoms. The van der Waals surface area contributed by atoms with E-state index in [-0.39, 0.29) is 36.3 Å². The number of aliphatic imine (C=N–C) groups is 1. The molecule has 1 aromatic rings. The highest BCUT2D eigenvalue weighted by Crippen LogP contribution is 2.26. The standard InChI is InChI=1S/C13H22ClN3O3S2.HI/c1-3-15-13(16-7-4-8-22(2,19)20)17-9-10(18)11-5-6-12(14)21-11;/h5-6,10,18H,3-4,7-9H2,1-2H3,(H2,15,16,17);1H. The molecule has 0 aliphatic carbocycles. The number of sulfone groups is 1. The quantitative estimate of drug-likeness (QED) is 0.222. The van der Waals surface area contributed by atoms with E-state index in [1.54, 1.807) is 12.1 Å². The maximum Gasteiger partial charge on any atom is 0.191 e. The summed E-state index contributed by atoms with van der Waals surface area (Å²) in [6.07, 6.45) is 1.02. The second-order valence-electron chi connectivity index (χ2n) is 4.79. The Morgan fingerprint density at radius 2 is 2.13 bits per heavy atom. The molecule has 0 amide bonds. The van der Waals surface area contributed by atoms with Crippen molar-refractivity contribution in [2.75, 3.05) is 31.6 Å². The number of hydrogen-bond acceptors (Lipinski definition) is 5. The Bertz CT molecular complexity index is 593.